The maximum atomic E-state index is 6.19. The first-order chi connectivity index (χ1) is 6.62. The van der Waals surface area contributed by atoms with Crippen LogP contribution in [0.2, 0.25) is 0 Å². The van der Waals surface area contributed by atoms with Gasteiger partial charge in [0, 0.05) is 12.6 Å². The average molecular weight is 198 g/mol. The molecule has 2 heteroatoms. The van der Waals surface area contributed by atoms with Gasteiger partial charge in [-0.2, -0.15) is 0 Å². The molecule has 84 valence electrons. The Bertz CT molecular complexity index is 170. The average Bonchev–Trinajstić information content (AvgIpc) is 2.47. The number of rotatable bonds is 5. The summed E-state index contributed by atoms with van der Waals surface area (Å²) in [6, 6.07) is 0.424. The molecular weight excluding hydrogens is 172 g/mol. The van der Waals surface area contributed by atoms with Crippen molar-refractivity contribution in [2.24, 2.45) is 11.1 Å². The van der Waals surface area contributed by atoms with Crippen LogP contribution in [0.3, 0.4) is 0 Å². The van der Waals surface area contributed by atoms with Gasteiger partial charge in [-0.3, -0.25) is 0 Å². The highest BCUT2D eigenvalue weighted by Crippen LogP contribution is 2.37. The van der Waals surface area contributed by atoms with Crippen molar-refractivity contribution < 1.29 is 0 Å². The second-order valence-corrected chi connectivity index (χ2v) is 5.02. The van der Waals surface area contributed by atoms with E-state index in [1.807, 2.05) is 0 Å². The fourth-order valence-corrected chi connectivity index (χ4v) is 2.63. The SMILES string of the molecule is CCCN(CC)CC1(C)CCCC1N. The summed E-state index contributed by atoms with van der Waals surface area (Å²) in [5.41, 5.74) is 6.57. The molecular formula is C12H26N2. The molecule has 0 heterocycles. The van der Waals surface area contributed by atoms with Crippen molar-refractivity contribution >= 4 is 0 Å². The molecule has 0 aromatic rings. The Labute approximate surface area is 88.8 Å². The van der Waals surface area contributed by atoms with Gasteiger partial charge in [0.1, 0.15) is 0 Å². The zero-order valence-electron chi connectivity index (χ0n) is 10.1. The Morgan fingerprint density at radius 1 is 1.43 bits per heavy atom. The Kier molecular flexibility index (Phi) is 4.39. The van der Waals surface area contributed by atoms with Crippen LogP contribution >= 0.6 is 0 Å². The van der Waals surface area contributed by atoms with Gasteiger partial charge in [0.2, 0.25) is 0 Å². The number of hydrogen-bond donors (Lipinski definition) is 1. The monoisotopic (exact) mass is 198 g/mol. The molecule has 2 nitrogen and oxygen atoms in total. The zero-order chi connectivity index (χ0) is 10.6. The van der Waals surface area contributed by atoms with Gasteiger partial charge >= 0.3 is 0 Å². The van der Waals surface area contributed by atoms with Crippen LogP contribution in [0.4, 0.5) is 0 Å². The van der Waals surface area contributed by atoms with Crippen LogP contribution in [-0.4, -0.2) is 30.6 Å². The van der Waals surface area contributed by atoms with Crippen LogP contribution in [0.5, 0.6) is 0 Å². The van der Waals surface area contributed by atoms with Gasteiger partial charge in [-0.25, -0.2) is 0 Å². The molecule has 0 aliphatic heterocycles. The van der Waals surface area contributed by atoms with Gasteiger partial charge < -0.3 is 10.6 Å². The Hall–Kier alpha value is -0.0800. The highest BCUT2D eigenvalue weighted by Gasteiger charge is 2.37. The summed E-state index contributed by atoms with van der Waals surface area (Å²) in [6.45, 7) is 10.4. The Morgan fingerprint density at radius 2 is 2.14 bits per heavy atom. The molecule has 2 N–H and O–H groups in total. The highest BCUT2D eigenvalue weighted by molar-refractivity contribution is 4.93. The van der Waals surface area contributed by atoms with Gasteiger partial charge in [0.05, 0.1) is 0 Å². The number of hydrogen-bond acceptors (Lipinski definition) is 2. The van der Waals surface area contributed by atoms with Crippen LogP contribution in [0.25, 0.3) is 0 Å². The highest BCUT2D eigenvalue weighted by atomic mass is 15.1. The fourth-order valence-electron chi connectivity index (χ4n) is 2.63. The first-order valence-electron chi connectivity index (χ1n) is 6.10. The summed E-state index contributed by atoms with van der Waals surface area (Å²) in [5, 5.41) is 0. The van der Waals surface area contributed by atoms with E-state index in [0.717, 1.165) is 6.54 Å². The lowest BCUT2D eigenvalue weighted by Crippen LogP contribution is -2.44. The molecule has 2 atom stereocenters. The van der Waals surface area contributed by atoms with E-state index in [1.54, 1.807) is 0 Å². The lowest BCUT2D eigenvalue weighted by Gasteiger charge is -2.35. The zero-order valence-corrected chi connectivity index (χ0v) is 10.1. The quantitative estimate of drug-likeness (QED) is 0.734. The van der Waals surface area contributed by atoms with E-state index < -0.39 is 0 Å². The first kappa shape index (κ1) is 12.0. The lowest BCUT2D eigenvalue weighted by atomic mass is 9.84. The topological polar surface area (TPSA) is 29.3 Å². The van der Waals surface area contributed by atoms with Gasteiger partial charge in [0.15, 0.2) is 0 Å². The van der Waals surface area contributed by atoms with E-state index in [1.165, 1.54) is 38.8 Å². The molecule has 1 saturated carbocycles. The van der Waals surface area contributed by atoms with Crippen LogP contribution in [0.15, 0.2) is 0 Å². The maximum absolute atomic E-state index is 6.19. The standard InChI is InChI=1S/C12H26N2/c1-4-9-14(5-2)10-12(3)8-6-7-11(12)13/h11H,4-10,13H2,1-3H3. The van der Waals surface area contributed by atoms with Crippen LogP contribution in [0, 0.1) is 5.41 Å². The van der Waals surface area contributed by atoms with Gasteiger partial charge in [-0.15, -0.1) is 0 Å². The summed E-state index contributed by atoms with van der Waals surface area (Å²) in [4.78, 5) is 2.55. The molecule has 1 aliphatic carbocycles. The normalized spacial score (nSPS) is 32.8. The molecule has 0 aromatic heterocycles. The van der Waals surface area contributed by atoms with E-state index in [0.29, 0.717) is 11.5 Å². The van der Waals surface area contributed by atoms with Crippen molar-refractivity contribution in [2.75, 3.05) is 19.6 Å². The van der Waals surface area contributed by atoms with Crippen molar-refractivity contribution in [1.29, 1.82) is 0 Å². The van der Waals surface area contributed by atoms with E-state index in [4.69, 9.17) is 5.73 Å². The fraction of sp³-hybridized carbons (Fsp3) is 1.00. The number of nitrogens with zero attached hydrogens (tertiary/aromatic N) is 1. The molecule has 0 spiro atoms. The summed E-state index contributed by atoms with van der Waals surface area (Å²) in [5.74, 6) is 0. The molecule has 0 aromatic carbocycles. The Balaban J connectivity index is 2.47. The lowest BCUT2D eigenvalue weighted by molar-refractivity contribution is 0.158. The van der Waals surface area contributed by atoms with E-state index in [-0.39, 0.29) is 0 Å². The molecule has 1 aliphatic rings. The third-order valence-electron chi connectivity index (χ3n) is 3.73. The molecule has 1 fully saturated rings. The second kappa shape index (κ2) is 5.13. The van der Waals surface area contributed by atoms with Crippen molar-refractivity contribution in [3.8, 4) is 0 Å². The maximum Gasteiger partial charge on any atom is 0.0105 e. The number of nitrogens with two attached hydrogens (primary N) is 1. The minimum atomic E-state index is 0.380. The summed E-state index contributed by atoms with van der Waals surface area (Å²) >= 11 is 0. The van der Waals surface area contributed by atoms with E-state index in [9.17, 15) is 0 Å². The van der Waals surface area contributed by atoms with Gasteiger partial charge in [-0.1, -0.05) is 27.2 Å². The third-order valence-corrected chi connectivity index (χ3v) is 3.73. The van der Waals surface area contributed by atoms with Crippen molar-refractivity contribution in [3.63, 3.8) is 0 Å². The van der Waals surface area contributed by atoms with Crippen LogP contribution < -0.4 is 5.73 Å². The summed E-state index contributed by atoms with van der Waals surface area (Å²) in [6.07, 6.45) is 5.11. The second-order valence-electron chi connectivity index (χ2n) is 5.02. The van der Waals surface area contributed by atoms with Gasteiger partial charge in [0.25, 0.3) is 0 Å². The Morgan fingerprint density at radius 3 is 2.57 bits per heavy atom. The minimum Gasteiger partial charge on any atom is -0.327 e. The van der Waals surface area contributed by atoms with Crippen molar-refractivity contribution in [3.05, 3.63) is 0 Å². The molecule has 14 heavy (non-hydrogen) atoms. The summed E-state index contributed by atoms with van der Waals surface area (Å²) < 4.78 is 0. The van der Waals surface area contributed by atoms with Crippen molar-refractivity contribution in [1.82, 2.24) is 4.90 Å². The predicted molar refractivity (Wildman–Crippen MR) is 62.3 cm³/mol. The van der Waals surface area contributed by atoms with E-state index >= 15 is 0 Å². The van der Waals surface area contributed by atoms with Crippen molar-refractivity contribution in [2.45, 2.75) is 52.5 Å². The van der Waals surface area contributed by atoms with Gasteiger partial charge in [-0.05, 0) is 37.8 Å². The molecule has 0 saturated heterocycles. The van der Waals surface area contributed by atoms with E-state index in [2.05, 4.69) is 25.7 Å². The molecule has 1 rings (SSSR count). The van der Waals surface area contributed by atoms with Crippen LogP contribution in [0.1, 0.15) is 46.5 Å². The third kappa shape index (κ3) is 2.71. The largest absolute Gasteiger partial charge is 0.327 e. The molecule has 2 unspecified atom stereocenters. The predicted octanol–water partition coefficient (Wildman–Crippen LogP) is 2.24. The summed E-state index contributed by atoms with van der Waals surface area (Å²) in [7, 11) is 0. The molecule has 0 radical (unpaired) electrons. The molecule has 0 bridgehead atoms. The van der Waals surface area contributed by atoms with Crippen LogP contribution in [-0.2, 0) is 0 Å². The molecule has 0 amide bonds. The smallest absolute Gasteiger partial charge is 0.0105 e. The minimum absolute atomic E-state index is 0.380. The first-order valence-corrected chi connectivity index (χ1v) is 6.10.